The van der Waals surface area contributed by atoms with Gasteiger partial charge in [-0.1, -0.05) is 26.2 Å². The Labute approximate surface area is 98.1 Å². The Kier molecular flexibility index (Phi) is 5.62. The minimum Gasteiger partial charge on any atom is -0.494 e. The summed E-state index contributed by atoms with van der Waals surface area (Å²) in [5.41, 5.74) is 1.55. The number of hydrogen-bond acceptors (Lipinski definition) is 2. The van der Waals surface area contributed by atoms with Gasteiger partial charge in [-0.2, -0.15) is 0 Å². The molecule has 0 spiro atoms. The molecule has 2 heteroatoms. The fourth-order valence-corrected chi connectivity index (χ4v) is 1.52. The lowest BCUT2D eigenvalue weighted by Crippen LogP contribution is -1.98. The molecule has 0 bridgehead atoms. The van der Waals surface area contributed by atoms with E-state index >= 15 is 0 Å². The van der Waals surface area contributed by atoms with Crippen LogP contribution in [0.2, 0.25) is 0 Å². The second-order valence-corrected chi connectivity index (χ2v) is 4.06. The van der Waals surface area contributed by atoms with Crippen molar-refractivity contribution < 1.29 is 4.74 Å². The molecule has 1 aromatic rings. The van der Waals surface area contributed by atoms with Crippen LogP contribution in [0.5, 0.6) is 5.75 Å². The molecule has 0 aliphatic rings. The summed E-state index contributed by atoms with van der Waals surface area (Å²) in [6, 6.07) is 7.74. The van der Waals surface area contributed by atoms with Crippen LogP contribution in [0.15, 0.2) is 24.3 Å². The lowest BCUT2D eigenvalue weighted by atomic mass is 10.1. The molecule has 16 heavy (non-hydrogen) atoms. The first-order valence-corrected chi connectivity index (χ1v) is 6.02. The van der Waals surface area contributed by atoms with Gasteiger partial charge in [0.25, 0.3) is 0 Å². The SMILES string of the molecule is CCCCCCOc1ccc(C(C)=N)cc1. The van der Waals surface area contributed by atoms with Crippen molar-refractivity contribution in [3.05, 3.63) is 29.8 Å². The van der Waals surface area contributed by atoms with Crippen LogP contribution in [0, 0.1) is 5.41 Å². The lowest BCUT2D eigenvalue weighted by molar-refractivity contribution is 0.305. The van der Waals surface area contributed by atoms with Gasteiger partial charge in [-0.05, 0) is 43.2 Å². The summed E-state index contributed by atoms with van der Waals surface area (Å²) in [6.45, 7) is 4.79. The number of ether oxygens (including phenoxy) is 1. The molecule has 0 aromatic heterocycles. The highest BCUT2D eigenvalue weighted by Crippen LogP contribution is 2.13. The van der Waals surface area contributed by atoms with Crippen molar-refractivity contribution in [1.29, 1.82) is 5.41 Å². The van der Waals surface area contributed by atoms with Crippen LogP contribution >= 0.6 is 0 Å². The molecule has 1 N–H and O–H groups in total. The summed E-state index contributed by atoms with van der Waals surface area (Å²) in [5, 5.41) is 7.48. The number of rotatable bonds is 7. The predicted molar refractivity (Wildman–Crippen MR) is 68.6 cm³/mol. The average Bonchev–Trinajstić information content (AvgIpc) is 2.29. The Hall–Kier alpha value is -1.31. The van der Waals surface area contributed by atoms with E-state index in [2.05, 4.69) is 6.92 Å². The van der Waals surface area contributed by atoms with Crippen LogP contribution in [0.1, 0.15) is 45.1 Å². The molecule has 0 heterocycles. The molecule has 0 amide bonds. The normalized spacial score (nSPS) is 10.1. The fourth-order valence-electron chi connectivity index (χ4n) is 1.52. The zero-order chi connectivity index (χ0) is 11.8. The van der Waals surface area contributed by atoms with Gasteiger partial charge in [-0.3, -0.25) is 0 Å². The van der Waals surface area contributed by atoms with Crippen LogP contribution in [0.25, 0.3) is 0 Å². The van der Waals surface area contributed by atoms with Gasteiger partial charge in [0, 0.05) is 5.71 Å². The van der Waals surface area contributed by atoms with Crippen molar-refractivity contribution in [2.45, 2.75) is 39.5 Å². The molecule has 88 valence electrons. The summed E-state index contributed by atoms with van der Waals surface area (Å²) >= 11 is 0. The Balaban J connectivity index is 2.29. The highest BCUT2D eigenvalue weighted by Gasteiger charge is 1.96. The van der Waals surface area contributed by atoms with Crippen molar-refractivity contribution in [2.24, 2.45) is 0 Å². The van der Waals surface area contributed by atoms with Gasteiger partial charge in [-0.15, -0.1) is 0 Å². The zero-order valence-electron chi connectivity index (χ0n) is 10.3. The molecule has 0 unspecified atom stereocenters. The van der Waals surface area contributed by atoms with Gasteiger partial charge in [0.15, 0.2) is 0 Å². The van der Waals surface area contributed by atoms with E-state index in [4.69, 9.17) is 10.1 Å². The van der Waals surface area contributed by atoms with Crippen LogP contribution in [0.3, 0.4) is 0 Å². The minimum atomic E-state index is 0.592. The molecule has 0 aliphatic heterocycles. The second kappa shape index (κ2) is 7.04. The molecular formula is C14H21NO. The van der Waals surface area contributed by atoms with E-state index < -0.39 is 0 Å². The third kappa shape index (κ3) is 4.47. The zero-order valence-corrected chi connectivity index (χ0v) is 10.3. The summed E-state index contributed by atoms with van der Waals surface area (Å²) < 4.78 is 5.62. The number of benzene rings is 1. The van der Waals surface area contributed by atoms with Gasteiger partial charge >= 0.3 is 0 Å². The summed E-state index contributed by atoms with van der Waals surface area (Å²) in [5.74, 6) is 0.904. The van der Waals surface area contributed by atoms with Crippen molar-refractivity contribution in [3.63, 3.8) is 0 Å². The van der Waals surface area contributed by atoms with Crippen molar-refractivity contribution >= 4 is 5.71 Å². The van der Waals surface area contributed by atoms with E-state index in [9.17, 15) is 0 Å². The average molecular weight is 219 g/mol. The maximum absolute atomic E-state index is 7.48. The quantitative estimate of drug-likeness (QED) is 0.545. The predicted octanol–water partition coefficient (Wildman–Crippen LogP) is 4.03. The standard InChI is InChI=1S/C14H21NO/c1-3-4-5-6-11-16-14-9-7-13(8-10-14)12(2)15/h7-10,15H,3-6,11H2,1-2H3. The Morgan fingerprint density at radius 3 is 2.38 bits per heavy atom. The molecule has 0 fully saturated rings. The highest BCUT2D eigenvalue weighted by molar-refractivity contribution is 5.96. The Morgan fingerprint density at radius 2 is 1.81 bits per heavy atom. The topological polar surface area (TPSA) is 33.1 Å². The minimum absolute atomic E-state index is 0.592. The summed E-state index contributed by atoms with van der Waals surface area (Å²) in [7, 11) is 0. The molecule has 0 saturated heterocycles. The highest BCUT2D eigenvalue weighted by atomic mass is 16.5. The van der Waals surface area contributed by atoms with E-state index in [1.807, 2.05) is 24.3 Å². The van der Waals surface area contributed by atoms with Crippen LogP contribution in [-0.2, 0) is 0 Å². The Morgan fingerprint density at radius 1 is 1.12 bits per heavy atom. The monoisotopic (exact) mass is 219 g/mol. The fraction of sp³-hybridized carbons (Fsp3) is 0.500. The molecule has 2 nitrogen and oxygen atoms in total. The Bertz CT molecular complexity index is 316. The van der Waals surface area contributed by atoms with E-state index in [-0.39, 0.29) is 0 Å². The first-order chi connectivity index (χ1) is 7.74. The third-order valence-electron chi connectivity index (χ3n) is 2.55. The van der Waals surface area contributed by atoms with Crippen molar-refractivity contribution in [1.82, 2.24) is 0 Å². The van der Waals surface area contributed by atoms with Crippen LogP contribution in [0.4, 0.5) is 0 Å². The second-order valence-electron chi connectivity index (χ2n) is 4.06. The van der Waals surface area contributed by atoms with Gasteiger partial charge in [0.05, 0.1) is 6.61 Å². The number of unbranched alkanes of at least 4 members (excludes halogenated alkanes) is 3. The molecule has 0 aliphatic carbocycles. The lowest BCUT2D eigenvalue weighted by Gasteiger charge is -2.06. The van der Waals surface area contributed by atoms with Crippen molar-refractivity contribution in [3.8, 4) is 5.75 Å². The largest absolute Gasteiger partial charge is 0.494 e. The molecular weight excluding hydrogens is 198 g/mol. The molecule has 0 radical (unpaired) electrons. The van der Waals surface area contributed by atoms with Gasteiger partial charge in [0.2, 0.25) is 0 Å². The number of nitrogens with one attached hydrogen (secondary N) is 1. The van der Waals surface area contributed by atoms with E-state index in [1.165, 1.54) is 19.3 Å². The van der Waals surface area contributed by atoms with Gasteiger partial charge in [0.1, 0.15) is 5.75 Å². The first kappa shape index (κ1) is 12.8. The van der Waals surface area contributed by atoms with Crippen LogP contribution < -0.4 is 4.74 Å². The summed E-state index contributed by atoms with van der Waals surface area (Å²) in [6.07, 6.45) is 4.91. The molecule has 1 rings (SSSR count). The third-order valence-corrected chi connectivity index (χ3v) is 2.55. The van der Waals surface area contributed by atoms with Gasteiger partial charge in [-0.25, -0.2) is 0 Å². The van der Waals surface area contributed by atoms with E-state index in [0.29, 0.717) is 5.71 Å². The molecule has 0 atom stereocenters. The maximum Gasteiger partial charge on any atom is 0.119 e. The summed E-state index contributed by atoms with van der Waals surface area (Å²) in [4.78, 5) is 0. The van der Waals surface area contributed by atoms with E-state index in [0.717, 1.165) is 24.3 Å². The van der Waals surface area contributed by atoms with Gasteiger partial charge < -0.3 is 10.1 Å². The maximum atomic E-state index is 7.48. The molecule has 1 aromatic carbocycles. The molecule has 0 saturated carbocycles. The first-order valence-electron chi connectivity index (χ1n) is 6.02. The number of hydrogen-bond donors (Lipinski definition) is 1. The smallest absolute Gasteiger partial charge is 0.119 e. The van der Waals surface area contributed by atoms with Crippen LogP contribution in [-0.4, -0.2) is 12.3 Å². The van der Waals surface area contributed by atoms with Crippen molar-refractivity contribution in [2.75, 3.05) is 6.61 Å². The van der Waals surface area contributed by atoms with E-state index in [1.54, 1.807) is 6.92 Å².